The molecule has 1 nitrogen and oxygen atoms in total. The minimum Gasteiger partial charge on any atom is -0.301 e. The average Bonchev–Trinajstić information content (AvgIpc) is 2.58. The quantitative estimate of drug-likeness (QED) is 0.558. The van der Waals surface area contributed by atoms with E-state index in [2.05, 4.69) is 25.7 Å². The summed E-state index contributed by atoms with van der Waals surface area (Å²) in [5.41, 5.74) is 0.769. The van der Waals surface area contributed by atoms with Crippen LogP contribution in [0.15, 0.2) is 0 Å². The fraction of sp³-hybridized carbons (Fsp3) is 1.00. The number of hydrogen-bond donors (Lipinski definition) is 0. The van der Waals surface area contributed by atoms with Gasteiger partial charge in [-0.3, -0.25) is 0 Å². The van der Waals surface area contributed by atoms with E-state index in [-0.39, 0.29) is 0 Å². The summed E-state index contributed by atoms with van der Waals surface area (Å²) in [5.74, 6) is 1.04. The molecule has 1 aliphatic heterocycles. The maximum Gasteiger partial charge on any atom is 0.00387 e. The predicted octanol–water partition coefficient (Wildman–Crippen LogP) is 2.13. The molecule has 2 unspecified atom stereocenters. The molecule has 0 spiro atoms. The molecule has 1 heterocycles. The Morgan fingerprint density at radius 3 is 2.73 bits per heavy atom. The second-order valence-electron chi connectivity index (χ2n) is 4.89. The summed E-state index contributed by atoms with van der Waals surface area (Å²) in [4.78, 5) is 2.62. The number of likely N-dealkylation sites (tertiary alicyclic amines) is 1. The van der Waals surface area contributed by atoms with E-state index in [9.17, 15) is 0 Å². The molecule has 0 aromatic rings. The van der Waals surface area contributed by atoms with Crippen LogP contribution in [0.3, 0.4) is 0 Å². The van der Waals surface area contributed by atoms with E-state index in [1.807, 2.05) is 0 Å². The van der Waals surface area contributed by atoms with Gasteiger partial charge in [-0.25, -0.2) is 0 Å². The number of hydrogen-bond acceptors (Lipinski definition) is 1. The van der Waals surface area contributed by atoms with Crippen LogP contribution in [0.5, 0.6) is 0 Å². The van der Waals surface area contributed by atoms with Crippen LogP contribution in [0, 0.1) is 11.3 Å². The third-order valence-electron chi connectivity index (χ3n) is 3.69. The van der Waals surface area contributed by atoms with E-state index in [1.165, 1.54) is 25.9 Å². The Labute approximate surface area is 69.8 Å². The first-order chi connectivity index (χ1) is 5.12. The lowest BCUT2D eigenvalue weighted by Crippen LogP contribution is -2.38. The Bertz CT molecular complexity index is 164. The molecular weight excluding hydrogens is 134 g/mol. The van der Waals surface area contributed by atoms with Gasteiger partial charge in [-0.1, -0.05) is 6.92 Å². The average molecular weight is 153 g/mol. The SMILES string of the molecule is CC(C)N1CCC2(C)CC2C1. The predicted molar refractivity (Wildman–Crippen MR) is 47.5 cm³/mol. The third kappa shape index (κ3) is 1.20. The van der Waals surface area contributed by atoms with E-state index in [1.54, 1.807) is 0 Å². The first kappa shape index (κ1) is 7.60. The number of nitrogens with zero attached hydrogens (tertiary/aromatic N) is 1. The molecular formula is C10H19N. The molecule has 0 aromatic carbocycles. The van der Waals surface area contributed by atoms with Crippen molar-refractivity contribution in [2.45, 2.75) is 39.7 Å². The highest BCUT2D eigenvalue weighted by molar-refractivity contribution is 5.03. The molecule has 1 saturated carbocycles. The lowest BCUT2D eigenvalue weighted by molar-refractivity contribution is 0.151. The topological polar surface area (TPSA) is 3.24 Å². The van der Waals surface area contributed by atoms with Gasteiger partial charge in [0.2, 0.25) is 0 Å². The van der Waals surface area contributed by atoms with Gasteiger partial charge in [-0.15, -0.1) is 0 Å². The largest absolute Gasteiger partial charge is 0.301 e. The van der Waals surface area contributed by atoms with Crippen molar-refractivity contribution in [3.8, 4) is 0 Å². The lowest BCUT2D eigenvalue weighted by Gasteiger charge is -2.32. The first-order valence-corrected chi connectivity index (χ1v) is 4.86. The lowest BCUT2D eigenvalue weighted by atomic mass is 9.97. The Morgan fingerprint density at radius 2 is 2.18 bits per heavy atom. The Balaban J connectivity index is 1.93. The van der Waals surface area contributed by atoms with Gasteiger partial charge in [0.1, 0.15) is 0 Å². The van der Waals surface area contributed by atoms with E-state index in [0.717, 1.165) is 17.4 Å². The van der Waals surface area contributed by atoms with Gasteiger partial charge < -0.3 is 4.90 Å². The molecule has 0 N–H and O–H groups in total. The highest BCUT2D eigenvalue weighted by Crippen LogP contribution is 2.57. The fourth-order valence-electron chi connectivity index (χ4n) is 2.34. The summed E-state index contributed by atoms with van der Waals surface area (Å²) in [6, 6.07) is 0.764. The summed E-state index contributed by atoms with van der Waals surface area (Å²) in [6.45, 7) is 9.78. The van der Waals surface area contributed by atoms with Gasteiger partial charge in [-0.05, 0) is 44.6 Å². The van der Waals surface area contributed by atoms with Crippen molar-refractivity contribution in [2.75, 3.05) is 13.1 Å². The number of piperidine rings is 1. The standard InChI is InChI=1S/C10H19N/c1-8(2)11-5-4-10(3)6-9(10)7-11/h8-9H,4-7H2,1-3H3. The summed E-state index contributed by atoms with van der Waals surface area (Å²) < 4.78 is 0. The zero-order chi connectivity index (χ0) is 8.06. The van der Waals surface area contributed by atoms with Gasteiger partial charge in [0.05, 0.1) is 0 Å². The van der Waals surface area contributed by atoms with Crippen molar-refractivity contribution in [1.29, 1.82) is 0 Å². The summed E-state index contributed by atoms with van der Waals surface area (Å²) in [7, 11) is 0. The van der Waals surface area contributed by atoms with E-state index in [0.29, 0.717) is 0 Å². The molecule has 2 atom stereocenters. The molecule has 0 aromatic heterocycles. The van der Waals surface area contributed by atoms with Crippen LogP contribution in [-0.2, 0) is 0 Å². The third-order valence-corrected chi connectivity index (χ3v) is 3.69. The number of rotatable bonds is 1. The second kappa shape index (κ2) is 2.22. The molecule has 1 heteroatoms. The maximum atomic E-state index is 2.62. The van der Waals surface area contributed by atoms with Gasteiger partial charge in [0.25, 0.3) is 0 Å². The van der Waals surface area contributed by atoms with Gasteiger partial charge in [0.15, 0.2) is 0 Å². The minimum absolute atomic E-state index is 0.764. The normalized spacial score (nSPS) is 44.2. The minimum atomic E-state index is 0.764. The molecule has 1 saturated heterocycles. The van der Waals surface area contributed by atoms with Crippen molar-refractivity contribution in [1.82, 2.24) is 4.90 Å². The van der Waals surface area contributed by atoms with E-state index < -0.39 is 0 Å². The van der Waals surface area contributed by atoms with Gasteiger partial charge in [-0.2, -0.15) is 0 Å². The van der Waals surface area contributed by atoms with Crippen LogP contribution in [-0.4, -0.2) is 24.0 Å². The zero-order valence-corrected chi connectivity index (χ0v) is 7.93. The highest BCUT2D eigenvalue weighted by atomic mass is 15.2. The van der Waals surface area contributed by atoms with Crippen molar-refractivity contribution < 1.29 is 0 Å². The maximum absolute atomic E-state index is 2.62. The highest BCUT2D eigenvalue weighted by Gasteiger charge is 2.52. The van der Waals surface area contributed by atoms with E-state index >= 15 is 0 Å². The first-order valence-electron chi connectivity index (χ1n) is 4.86. The molecule has 2 rings (SSSR count). The Hall–Kier alpha value is -0.0400. The Kier molecular flexibility index (Phi) is 1.54. The van der Waals surface area contributed by atoms with Crippen LogP contribution < -0.4 is 0 Å². The van der Waals surface area contributed by atoms with Crippen molar-refractivity contribution in [3.63, 3.8) is 0 Å². The van der Waals surface area contributed by atoms with Crippen molar-refractivity contribution in [2.24, 2.45) is 11.3 Å². The van der Waals surface area contributed by atoms with Crippen LogP contribution in [0.4, 0.5) is 0 Å². The van der Waals surface area contributed by atoms with Crippen LogP contribution in [0.25, 0.3) is 0 Å². The molecule has 0 bridgehead atoms. The summed E-state index contributed by atoms with van der Waals surface area (Å²) in [5, 5.41) is 0. The zero-order valence-electron chi connectivity index (χ0n) is 7.93. The monoisotopic (exact) mass is 153 g/mol. The van der Waals surface area contributed by atoms with Crippen molar-refractivity contribution >= 4 is 0 Å². The molecule has 1 aliphatic carbocycles. The van der Waals surface area contributed by atoms with Gasteiger partial charge >= 0.3 is 0 Å². The molecule has 11 heavy (non-hydrogen) atoms. The summed E-state index contributed by atoms with van der Waals surface area (Å²) in [6.07, 6.45) is 2.94. The Morgan fingerprint density at radius 1 is 1.45 bits per heavy atom. The second-order valence-corrected chi connectivity index (χ2v) is 4.89. The molecule has 64 valence electrons. The van der Waals surface area contributed by atoms with Gasteiger partial charge in [0, 0.05) is 12.6 Å². The van der Waals surface area contributed by atoms with Crippen LogP contribution >= 0.6 is 0 Å². The smallest absolute Gasteiger partial charge is 0.00387 e. The summed E-state index contributed by atoms with van der Waals surface area (Å²) >= 11 is 0. The fourth-order valence-corrected chi connectivity index (χ4v) is 2.34. The van der Waals surface area contributed by atoms with E-state index in [4.69, 9.17) is 0 Å². The van der Waals surface area contributed by atoms with Crippen LogP contribution in [0.2, 0.25) is 0 Å². The molecule has 2 aliphatic rings. The molecule has 0 amide bonds. The van der Waals surface area contributed by atoms with Crippen molar-refractivity contribution in [3.05, 3.63) is 0 Å². The molecule has 2 fully saturated rings. The number of fused-ring (bicyclic) bond motifs is 1. The van der Waals surface area contributed by atoms with Crippen LogP contribution in [0.1, 0.15) is 33.6 Å². The molecule has 0 radical (unpaired) electrons.